The molecular formula is C9H16N2O2. The average molecular weight is 184 g/mol. The Morgan fingerprint density at radius 3 is 2.23 bits per heavy atom. The first kappa shape index (κ1) is 10.0. The number of hydrogen-bond acceptors (Lipinski definition) is 2. The highest BCUT2D eigenvalue weighted by Crippen LogP contribution is 2.16. The fraction of sp³-hybridized carbons (Fsp3) is 0.778. The SMILES string of the molecule is CNC(=O)C(=O)NC1CCCCC1. The fourth-order valence-electron chi connectivity index (χ4n) is 1.61. The summed E-state index contributed by atoms with van der Waals surface area (Å²) in [5, 5.41) is 5.02. The summed E-state index contributed by atoms with van der Waals surface area (Å²) >= 11 is 0. The molecule has 2 N–H and O–H groups in total. The number of carbonyl (C=O) groups is 2. The first-order valence-electron chi connectivity index (χ1n) is 4.76. The van der Waals surface area contributed by atoms with E-state index in [0.717, 1.165) is 25.7 Å². The highest BCUT2D eigenvalue weighted by molar-refractivity contribution is 6.35. The molecule has 0 aromatic heterocycles. The van der Waals surface area contributed by atoms with Gasteiger partial charge in [0.25, 0.3) is 0 Å². The molecular weight excluding hydrogens is 168 g/mol. The Bertz CT molecular complexity index is 198. The van der Waals surface area contributed by atoms with Gasteiger partial charge in [0.15, 0.2) is 0 Å². The van der Waals surface area contributed by atoms with Gasteiger partial charge >= 0.3 is 11.8 Å². The molecule has 0 radical (unpaired) electrons. The van der Waals surface area contributed by atoms with Crippen molar-refractivity contribution in [2.45, 2.75) is 38.1 Å². The number of rotatable bonds is 1. The van der Waals surface area contributed by atoms with Gasteiger partial charge in [-0.05, 0) is 12.8 Å². The van der Waals surface area contributed by atoms with Crippen LogP contribution in [0.2, 0.25) is 0 Å². The molecule has 1 fully saturated rings. The van der Waals surface area contributed by atoms with E-state index in [1.807, 2.05) is 0 Å². The van der Waals surface area contributed by atoms with Crippen LogP contribution in [-0.4, -0.2) is 24.9 Å². The molecule has 4 heteroatoms. The lowest BCUT2D eigenvalue weighted by molar-refractivity contribution is -0.139. The molecule has 1 aliphatic carbocycles. The van der Waals surface area contributed by atoms with Crippen LogP contribution in [0.4, 0.5) is 0 Å². The van der Waals surface area contributed by atoms with Gasteiger partial charge in [0.05, 0.1) is 0 Å². The van der Waals surface area contributed by atoms with Crippen LogP contribution in [0.25, 0.3) is 0 Å². The van der Waals surface area contributed by atoms with Crippen LogP contribution >= 0.6 is 0 Å². The lowest BCUT2D eigenvalue weighted by Crippen LogP contribution is -2.44. The maximum atomic E-state index is 11.1. The van der Waals surface area contributed by atoms with E-state index < -0.39 is 11.8 Å². The van der Waals surface area contributed by atoms with E-state index in [4.69, 9.17) is 0 Å². The second-order valence-corrected chi connectivity index (χ2v) is 3.39. The van der Waals surface area contributed by atoms with Crippen LogP contribution in [0.5, 0.6) is 0 Å². The molecule has 0 aromatic rings. The molecule has 0 unspecified atom stereocenters. The summed E-state index contributed by atoms with van der Waals surface area (Å²) in [5.74, 6) is -1.06. The van der Waals surface area contributed by atoms with E-state index in [1.54, 1.807) is 0 Å². The van der Waals surface area contributed by atoms with E-state index in [1.165, 1.54) is 13.5 Å². The fourth-order valence-corrected chi connectivity index (χ4v) is 1.61. The molecule has 74 valence electrons. The third-order valence-corrected chi connectivity index (χ3v) is 2.37. The molecule has 2 amide bonds. The van der Waals surface area contributed by atoms with Gasteiger partial charge in [-0.25, -0.2) is 0 Å². The minimum absolute atomic E-state index is 0.207. The van der Waals surface area contributed by atoms with Crippen molar-refractivity contribution in [1.29, 1.82) is 0 Å². The van der Waals surface area contributed by atoms with Crippen LogP contribution in [0.1, 0.15) is 32.1 Å². The Balaban J connectivity index is 2.30. The highest BCUT2D eigenvalue weighted by atomic mass is 16.2. The van der Waals surface area contributed by atoms with Crippen LogP contribution in [-0.2, 0) is 9.59 Å². The molecule has 1 saturated carbocycles. The Hall–Kier alpha value is -1.06. The lowest BCUT2D eigenvalue weighted by atomic mass is 9.95. The largest absolute Gasteiger partial charge is 0.351 e. The Morgan fingerprint density at radius 2 is 1.69 bits per heavy atom. The molecule has 0 atom stereocenters. The Labute approximate surface area is 78.1 Å². The third-order valence-electron chi connectivity index (χ3n) is 2.37. The molecule has 1 rings (SSSR count). The van der Waals surface area contributed by atoms with Crippen molar-refractivity contribution in [2.75, 3.05) is 7.05 Å². The number of likely N-dealkylation sites (N-methyl/N-ethyl adjacent to an activating group) is 1. The lowest BCUT2D eigenvalue weighted by Gasteiger charge is -2.22. The molecule has 1 aliphatic rings. The van der Waals surface area contributed by atoms with E-state index in [9.17, 15) is 9.59 Å². The second kappa shape index (κ2) is 4.84. The van der Waals surface area contributed by atoms with Gasteiger partial charge in [-0.3, -0.25) is 9.59 Å². The molecule has 0 bridgehead atoms. The van der Waals surface area contributed by atoms with Crippen molar-refractivity contribution in [1.82, 2.24) is 10.6 Å². The predicted octanol–water partition coefficient (Wildman–Crippen LogP) is 0.181. The van der Waals surface area contributed by atoms with Crippen molar-refractivity contribution in [3.05, 3.63) is 0 Å². The van der Waals surface area contributed by atoms with E-state index in [2.05, 4.69) is 10.6 Å². The van der Waals surface area contributed by atoms with Crippen LogP contribution < -0.4 is 10.6 Å². The van der Waals surface area contributed by atoms with Crippen LogP contribution in [0.15, 0.2) is 0 Å². The minimum atomic E-state index is -0.550. The van der Waals surface area contributed by atoms with E-state index in [0.29, 0.717) is 0 Å². The summed E-state index contributed by atoms with van der Waals surface area (Å²) < 4.78 is 0. The number of carbonyl (C=O) groups excluding carboxylic acids is 2. The minimum Gasteiger partial charge on any atom is -0.351 e. The molecule has 0 aliphatic heterocycles. The summed E-state index contributed by atoms with van der Waals surface area (Å²) in [5.41, 5.74) is 0. The van der Waals surface area contributed by atoms with Gasteiger partial charge in [-0.2, -0.15) is 0 Å². The maximum Gasteiger partial charge on any atom is 0.309 e. The van der Waals surface area contributed by atoms with Gasteiger partial charge in [-0.15, -0.1) is 0 Å². The molecule has 0 saturated heterocycles. The number of hydrogen-bond donors (Lipinski definition) is 2. The average Bonchev–Trinajstić information content (AvgIpc) is 2.18. The van der Waals surface area contributed by atoms with Gasteiger partial charge in [-0.1, -0.05) is 19.3 Å². The van der Waals surface area contributed by atoms with Gasteiger partial charge in [0, 0.05) is 13.1 Å². The molecule has 0 heterocycles. The molecule has 4 nitrogen and oxygen atoms in total. The summed E-state index contributed by atoms with van der Waals surface area (Å²) in [6, 6.07) is 0.207. The van der Waals surface area contributed by atoms with Crippen LogP contribution in [0, 0.1) is 0 Å². The quantitative estimate of drug-likeness (QED) is 0.571. The zero-order valence-corrected chi connectivity index (χ0v) is 7.93. The first-order chi connectivity index (χ1) is 6.24. The maximum absolute atomic E-state index is 11.1. The normalized spacial score (nSPS) is 17.9. The summed E-state index contributed by atoms with van der Waals surface area (Å²) in [6.45, 7) is 0. The smallest absolute Gasteiger partial charge is 0.309 e. The van der Waals surface area contributed by atoms with Gasteiger partial charge < -0.3 is 10.6 Å². The van der Waals surface area contributed by atoms with E-state index in [-0.39, 0.29) is 6.04 Å². The van der Waals surface area contributed by atoms with Gasteiger partial charge in [0.2, 0.25) is 0 Å². The van der Waals surface area contributed by atoms with Gasteiger partial charge in [0.1, 0.15) is 0 Å². The topological polar surface area (TPSA) is 58.2 Å². The number of nitrogens with one attached hydrogen (secondary N) is 2. The predicted molar refractivity (Wildman–Crippen MR) is 49.1 cm³/mol. The zero-order chi connectivity index (χ0) is 9.68. The summed E-state index contributed by atoms with van der Waals surface area (Å²) in [6.07, 6.45) is 5.55. The third kappa shape index (κ3) is 3.05. The Morgan fingerprint density at radius 1 is 1.08 bits per heavy atom. The standard InChI is InChI=1S/C9H16N2O2/c1-10-8(12)9(13)11-7-5-3-2-4-6-7/h7H,2-6H2,1H3,(H,10,12)(H,11,13). The Kier molecular flexibility index (Phi) is 3.73. The zero-order valence-electron chi connectivity index (χ0n) is 7.93. The van der Waals surface area contributed by atoms with Crippen molar-refractivity contribution in [2.24, 2.45) is 0 Å². The van der Waals surface area contributed by atoms with Crippen LogP contribution in [0.3, 0.4) is 0 Å². The summed E-state index contributed by atoms with van der Waals surface area (Å²) in [4.78, 5) is 22.0. The van der Waals surface area contributed by atoms with Crippen molar-refractivity contribution in [3.63, 3.8) is 0 Å². The highest BCUT2D eigenvalue weighted by Gasteiger charge is 2.18. The van der Waals surface area contributed by atoms with Crippen molar-refractivity contribution in [3.8, 4) is 0 Å². The van der Waals surface area contributed by atoms with E-state index >= 15 is 0 Å². The van der Waals surface area contributed by atoms with Crippen molar-refractivity contribution >= 4 is 11.8 Å². The van der Waals surface area contributed by atoms with Crippen molar-refractivity contribution < 1.29 is 9.59 Å². The number of amides is 2. The molecule has 0 spiro atoms. The molecule has 0 aromatic carbocycles. The second-order valence-electron chi connectivity index (χ2n) is 3.39. The first-order valence-corrected chi connectivity index (χ1v) is 4.76. The summed E-state index contributed by atoms with van der Waals surface area (Å²) in [7, 11) is 1.46. The monoisotopic (exact) mass is 184 g/mol. The molecule has 13 heavy (non-hydrogen) atoms.